The highest BCUT2D eigenvalue weighted by molar-refractivity contribution is 5.94. The average molecular weight is 403 g/mol. The van der Waals surface area contributed by atoms with E-state index in [-0.39, 0.29) is 11.8 Å². The molecular formula is C23H25N5O2. The highest BCUT2D eigenvalue weighted by Crippen LogP contribution is 2.22. The number of aromatic amines is 1. The van der Waals surface area contributed by atoms with Crippen LogP contribution < -0.4 is 5.32 Å². The number of pyridine rings is 1. The van der Waals surface area contributed by atoms with Crippen LogP contribution in [0.3, 0.4) is 0 Å². The topological polar surface area (TPSA) is 91.0 Å². The van der Waals surface area contributed by atoms with Crippen LogP contribution in [0.1, 0.15) is 44.0 Å². The van der Waals surface area contributed by atoms with E-state index in [2.05, 4.69) is 20.3 Å². The molecule has 2 aromatic heterocycles. The van der Waals surface area contributed by atoms with E-state index in [0.29, 0.717) is 30.3 Å². The van der Waals surface area contributed by atoms with Gasteiger partial charge in [0.25, 0.3) is 11.8 Å². The molecule has 1 saturated heterocycles. The van der Waals surface area contributed by atoms with Gasteiger partial charge in [-0.3, -0.25) is 14.6 Å². The van der Waals surface area contributed by atoms with Crippen molar-refractivity contribution in [2.45, 2.75) is 26.3 Å². The average Bonchev–Trinajstić information content (AvgIpc) is 3.45. The summed E-state index contributed by atoms with van der Waals surface area (Å²) in [5, 5.41) is 2.97. The van der Waals surface area contributed by atoms with E-state index < -0.39 is 0 Å². The van der Waals surface area contributed by atoms with Crippen LogP contribution in [0.4, 0.5) is 0 Å². The normalized spacial score (nSPS) is 15.9. The second kappa shape index (κ2) is 8.90. The molecule has 4 rings (SSSR count). The Morgan fingerprint density at radius 1 is 1.20 bits per heavy atom. The van der Waals surface area contributed by atoms with E-state index in [9.17, 15) is 9.59 Å². The number of aryl methyl sites for hydroxylation is 1. The maximum atomic E-state index is 12.6. The van der Waals surface area contributed by atoms with Gasteiger partial charge in [0.1, 0.15) is 5.69 Å². The van der Waals surface area contributed by atoms with Crippen LogP contribution >= 0.6 is 0 Å². The highest BCUT2D eigenvalue weighted by atomic mass is 16.2. The number of H-pyrrole nitrogens is 1. The lowest BCUT2D eigenvalue weighted by Gasteiger charge is -2.15. The molecule has 3 aromatic rings. The predicted molar refractivity (Wildman–Crippen MR) is 113 cm³/mol. The molecule has 1 aromatic carbocycles. The number of hydrogen-bond acceptors (Lipinski definition) is 4. The van der Waals surface area contributed by atoms with Crippen LogP contribution in [0, 0.1) is 12.8 Å². The van der Waals surface area contributed by atoms with Gasteiger partial charge in [0.15, 0.2) is 0 Å². The van der Waals surface area contributed by atoms with Gasteiger partial charge in [-0.2, -0.15) is 0 Å². The fourth-order valence-electron chi connectivity index (χ4n) is 3.87. The largest absolute Gasteiger partial charge is 0.348 e. The number of hydrogen-bond donors (Lipinski definition) is 2. The summed E-state index contributed by atoms with van der Waals surface area (Å²) in [5.74, 6) is 0.205. The number of amides is 2. The molecule has 30 heavy (non-hydrogen) atoms. The Labute approximate surface area is 175 Å². The van der Waals surface area contributed by atoms with E-state index in [1.165, 1.54) is 6.33 Å². The molecule has 0 aliphatic carbocycles. The number of rotatable bonds is 6. The summed E-state index contributed by atoms with van der Waals surface area (Å²) in [4.78, 5) is 37.9. The lowest BCUT2D eigenvalue weighted by molar-refractivity contribution is 0.0781. The van der Waals surface area contributed by atoms with Crippen molar-refractivity contribution in [3.63, 3.8) is 0 Å². The minimum atomic E-state index is -0.130. The quantitative estimate of drug-likeness (QED) is 0.662. The van der Waals surface area contributed by atoms with Crippen LogP contribution in [-0.4, -0.2) is 44.8 Å². The van der Waals surface area contributed by atoms with Gasteiger partial charge in [0.2, 0.25) is 0 Å². The number of likely N-dealkylation sites (tertiary alicyclic amines) is 1. The van der Waals surface area contributed by atoms with Gasteiger partial charge in [-0.15, -0.1) is 0 Å². The van der Waals surface area contributed by atoms with Crippen molar-refractivity contribution in [2.24, 2.45) is 5.92 Å². The third-order valence-electron chi connectivity index (χ3n) is 5.58. The maximum absolute atomic E-state index is 12.6. The number of carbonyl (C=O) groups excluding carboxylic acids is 2. The van der Waals surface area contributed by atoms with Gasteiger partial charge in [-0.05, 0) is 48.4 Å². The molecule has 1 atom stereocenters. The Kier molecular flexibility index (Phi) is 5.88. The lowest BCUT2D eigenvalue weighted by atomic mass is 9.99. The van der Waals surface area contributed by atoms with Crippen LogP contribution in [0.25, 0.3) is 0 Å². The zero-order chi connectivity index (χ0) is 20.9. The summed E-state index contributed by atoms with van der Waals surface area (Å²) in [7, 11) is 0. The minimum absolute atomic E-state index is 0.0162. The molecule has 1 unspecified atom stereocenters. The van der Waals surface area contributed by atoms with Crippen molar-refractivity contribution < 1.29 is 9.59 Å². The van der Waals surface area contributed by atoms with E-state index in [1.54, 1.807) is 18.6 Å². The first-order valence-corrected chi connectivity index (χ1v) is 10.1. The fourth-order valence-corrected chi connectivity index (χ4v) is 3.87. The molecule has 1 fully saturated rings. The first-order chi connectivity index (χ1) is 14.6. The monoisotopic (exact) mass is 403 g/mol. The van der Waals surface area contributed by atoms with Crippen LogP contribution in [-0.2, 0) is 13.0 Å². The molecule has 0 bridgehead atoms. The highest BCUT2D eigenvalue weighted by Gasteiger charge is 2.27. The Morgan fingerprint density at radius 3 is 2.87 bits per heavy atom. The van der Waals surface area contributed by atoms with Gasteiger partial charge < -0.3 is 15.2 Å². The van der Waals surface area contributed by atoms with Crippen LogP contribution in [0.5, 0.6) is 0 Å². The summed E-state index contributed by atoms with van der Waals surface area (Å²) >= 11 is 0. The first-order valence-electron chi connectivity index (χ1n) is 10.1. The SMILES string of the molecule is Cc1ccccc1CNC(=O)c1cncc(CC2CCN(C(=O)c3cnc[nH]3)C2)c1. The Hall–Kier alpha value is -3.48. The standard InChI is InChI=1S/C23H25N5O2/c1-16-4-2-3-5-19(16)12-26-22(29)20-9-18(10-24-11-20)8-17-6-7-28(14-17)23(30)21-13-25-15-27-21/h2-5,9-11,13,15,17H,6-8,12,14H2,1H3,(H,25,27)(H,26,29). The van der Waals surface area contributed by atoms with E-state index in [1.807, 2.05) is 42.2 Å². The number of benzene rings is 1. The van der Waals surface area contributed by atoms with Crippen LogP contribution in [0.2, 0.25) is 0 Å². The number of carbonyl (C=O) groups is 2. The van der Waals surface area contributed by atoms with E-state index in [0.717, 1.165) is 36.1 Å². The lowest BCUT2D eigenvalue weighted by Crippen LogP contribution is -2.29. The molecule has 2 N–H and O–H groups in total. The van der Waals surface area contributed by atoms with Crippen molar-refractivity contribution in [2.75, 3.05) is 13.1 Å². The molecular weight excluding hydrogens is 378 g/mol. The third kappa shape index (κ3) is 4.56. The van der Waals surface area contributed by atoms with Crippen molar-refractivity contribution in [3.8, 4) is 0 Å². The number of aromatic nitrogens is 3. The number of imidazole rings is 1. The van der Waals surface area contributed by atoms with Gasteiger partial charge in [-0.25, -0.2) is 4.98 Å². The summed E-state index contributed by atoms with van der Waals surface area (Å²) in [6, 6.07) is 9.91. The first kappa shape index (κ1) is 19.8. The Bertz CT molecular complexity index is 1030. The minimum Gasteiger partial charge on any atom is -0.348 e. The molecule has 0 radical (unpaired) electrons. The molecule has 7 heteroatoms. The summed E-state index contributed by atoms with van der Waals surface area (Å²) in [5.41, 5.74) is 4.34. The summed E-state index contributed by atoms with van der Waals surface area (Å²) < 4.78 is 0. The molecule has 1 aliphatic heterocycles. The molecule has 0 spiro atoms. The van der Waals surface area contributed by atoms with Crippen LogP contribution in [0.15, 0.2) is 55.2 Å². The maximum Gasteiger partial charge on any atom is 0.271 e. The zero-order valence-corrected chi connectivity index (χ0v) is 17.0. The van der Waals surface area contributed by atoms with Gasteiger partial charge in [0, 0.05) is 32.0 Å². The van der Waals surface area contributed by atoms with Crippen molar-refractivity contribution >= 4 is 11.8 Å². The second-order valence-electron chi connectivity index (χ2n) is 7.77. The van der Waals surface area contributed by atoms with Gasteiger partial charge >= 0.3 is 0 Å². The van der Waals surface area contributed by atoms with Gasteiger partial charge in [-0.1, -0.05) is 24.3 Å². The number of nitrogens with one attached hydrogen (secondary N) is 2. The molecule has 0 saturated carbocycles. The molecule has 7 nitrogen and oxygen atoms in total. The summed E-state index contributed by atoms with van der Waals surface area (Å²) in [6.45, 7) is 3.95. The molecule has 1 aliphatic rings. The Balaban J connectivity index is 1.34. The molecule has 3 heterocycles. The third-order valence-corrected chi connectivity index (χ3v) is 5.58. The number of nitrogens with zero attached hydrogens (tertiary/aromatic N) is 3. The molecule has 2 amide bonds. The second-order valence-corrected chi connectivity index (χ2v) is 7.77. The Morgan fingerprint density at radius 2 is 2.07 bits per heavy atom. The van der Waals surface area contributed by atoms with Crippen molar-refractivity contribution in [1.29, 1.82) is 0 Å². The van der Waals surface area contributed by atoms with Crippen molar-refractivity contribution in [3.05, 3.63) is 83.2 Å². The fraction of sp³-hybridized carbons (Fsp3) is 0.304. The van der Waals surface area contributed by atoms with E-state index >= 15 is 0 Å². The van der Waals surface area contributed by atoms with Gasteiger partial charge in [0.05, 0.1) is 18.1 Å². The zero-order valence-electron chi connectivity index (χ0n) is 17.0. The smallest absolute Gasteiger partial charge is 0.271 e. The summed E-state index contributed by atoms with van der Waals surface area (Å²) in [6.07, 6.45) is 8.19. The van der Waals surface area contributed by atoms with E-state index in [4.69, 9.17) is 0 Å². The molecule has 154 valence electrons. The predicted octanol–water partition coefficient (Wildman–Crippen LogP) is 2.75. The van der Waals surface area contributed by atoms with Crippen molar-refractivity contribution in [1.82, 2.24) is 25.2 Å².